The number of hydrogen-bond acceptors (Lipinski definition) is 4. The summed E-state index contributed by atoms with van der Waals surface area (Å²) in [5, 5.41) is 14.7. The molecule has 1 aliphatic rings. The normalized spacial score (nSPS) is 14.6. The average molecular weight is 436 g/mol. The molecule has 4 aromatic rings. The van der Waals surface area contributed by atoms with Crippen molar-refractivity contribution in [2.45, 2.75) is 33.1 Å². The molecule has 0 unspecified atom stereocenters. The van der Waals surface area contributed by atoms with E-state index in [1.165, 1.54) is 29.2 Å². The van der Waals surface area contributed by atoms with Gasteiger partial charge in [-0.15, -0.1) is 0 Å². The first-order chi connectivity index (χ1) is 16.2. The summed E-state index contributed by atoms with van der Waals surface area (Å²) in [6.07, 6.45) is 3.22. The minimum Gasteiger partial charge on any atom is -0.392 e. The van der Waals surface area contributed by atoms with Gasteiger partial charge < -0.3 is 10.0 Å². The van der Waals surface area contributed by atoms with Crippen molar-refractivity contribution in [3.8, 4) is 11.1 Å². The van der Waals surface area contributed by atoms with Crippen LogP contribution in [0.25, 0.3) is 22.0 Å². The van der Waals surface area contributed by atoms with E-state index in [-0.39, 0.29) is 41.2 Å². The van der Waals surface area contributed by atoms with Gasteiger partial charge in [0, 0.05) is 35.5 Å². The quantitative estimate of drug-likeness (QED) is 0.513. The third-order valence-corrected chi connectivity index (χ3v) is 5.72. The van der Waals surface area contributed by atoms with Gasteiger partial charge in [0.05, 0.1) is 39.2 Å². The van der Waals surface area contributed by atoms with Gasteiger partial charge in [0.15, 0.2) is 0 Å². The SMILES string of the molecule is [2H]C([2H])(O)c1ccc(-c2cc(F)c(CN3Cc4ncccc4C3=O)c(F)c2)c2cn(CC)nc12. The predicted molar refractivity (Wildman–Crippen MR) is 114 cm³/mol. The molecule has 3 heterocycles. The second-order valence-electron chi connectivity index (χ2n) is 7.60. The van der Waals surface area contributed by atoms with Crippen molar-refractivity contribution in [3.63, 3.8) is 0 Å². The summed E-state index contributed by atoms with van der Waals surface area (Å²) in [6.45, 7) is -0.346. The Bertz CT molecular complexity index is 1430. The number of benzene rings is 2. The zero-order chi connectivity index (χ0) is 24.2. The van der Waals surface area contributed by atoms with Crippen LogP contribution in [0.15, 0.2) is 48.8 Å². The molecule has 2 aromatic heterocycles. The van der Waals surface area contributed by atoms with Gasteiger partial charge in [0.2, 0.25) is 0 Å². The van der Waals surface area contributed by atoms with Gasteiger partial charge in [-0.05, 0) is 42.3 Å². The van der Waals surface area contributed by atoms with E-state index in [2.05, 4.69) is 10.1 Å². The van der Waals surface area contributed by atoms with Gasteiger partial charge in [0.1, 0.15) is 11.6 Å². The molecule has 0 spiro atoms. The Kier molecular flexibility index (Phi) is 4.38. The molecule has 162 valence electrons. The van der Waals surface area contributed by atoms with E-state index in [9.17, 15) is 9.90 Å². The van der Waals surface area contributed by atoms with Gasteiger partial charge in [-0.25, -0.2) is 8.78 Å². The topological polar surface area (TPSA) is 71.2 Å². The lowest BCUT2D eigenvalue weighted by molar-refractivity contribution is 0.0763. The fourth-order valence-corrected chi connectivity index (χ4v) is 4.07. The Hall–Kier alpha value is -3.65. The molecule has 0 bridgehead atoms. The number of aliphatic hydroxyl groups is 1. The zero-order valence-electron chi connectivity index (χ0n) is 19.1. The lowest BCUT2D eigenvalue weighted by Crippen LogP contribution is -2.24. The highest BCUT2D eigenvalue weighted by atomic mass is 19.1. The molecule has 8 heteroatoms. The van der Waals surface area contributed by atoms with Crippen LogP contribution in [0.4, 0.5) is 8.78 Å². The molecule has 6 nitrogen and oxygen atoms in total. The Morgan fingerprint density at radius 2 is 1.97 bits per heavy atom. The van der Waals surface area contributed by atoms with Gasteiger partial charge in [-0.3, -0.25) is 14.5 Å². The summed E-state index contributed by atoms with van der Waals surface area (Å²) < 4.78 is 47.2. The monoisotopic (exact) mass is 436 g/mol. The Morgan fingerprint density at radius 3 is 2.66 bits per heavy atom. The zero-order valence-corrected chi connectivity index (χ0v) is 17.1. The maximum atomic E-state index is 15.1. The molecular weight excluding hydrogens is 414 g/mol. The molecule has 0 saturated heterocycles. The van der Waals surface area contributed by atoms with Crippen LogP contribution in [0.2, 0.25) is 0 Å². The Morgan fingerprint density at radius 1 is 1.19 bits per heavy atom. The summed E-state index contributed by atoms with van der Waals surface area (Å²) in [4.78, 5) is 18.1. The number of nitrogens with zero attached hydrogens (tertiary/aromatic N) is 4. The average Bonchev–Trinajstić information content (AvgIpc) is 3.36. The molecule has 0 atom stereocenters. The lowest BCUT2D eigenvalue weighted by Gasteiger charge is -2.17. The molecule has 0 saturated carbocycles. The summed E-state index contributed by atoms with van der Waals surface area (Å²) in [5.74, 6) is -1.93. The third kappa shape index (κ3) is 3.23. The number of carbonyl (C=O) groups excluding carboxylic acids is 1. The fourth-order valence-electron chi connectivity index (χ4n) is 4.07. The van der Waals surface area contributed by atoms with Gasteiger partial charge >= 0.3 is 0 Å². The largest absolute Gasteiger partial charge is 0.392 e. The minimum atomic E-state index is -2.63. The van der Waals surface area contributed by atoms with Crippen LogP contribution in [-0.4, -0.2) is 30.7 Å². The highest BCUT2D eigenvalue weighted by molar-refractivity contribution is 5.98. The molecule has 2 aromatic carbocycles. The number of rotatable bonds is 5. The van der Waals surface area contributed by atoms with E-state index in [1.54, 1.807) is 29.2 Å². The molecule has 1 aliphatic heterocycles. The van der Waals surface area contributed by atoms with Crippen molar-refractivity contribution < 1.29 is 21.4 Å². The number of carbonyl (C=O) groups is 1. The maximum absolute atomic E-state index is 15.1. The number of aromatic nitrogens is 3. The minimum absolute atomic E-state index is 0.0308. The molecule has 1 amide bonds. The number of amides is 1. The third-order valence-electron chi connectivity index (χ3n) is 5.72. The Balaban J connectivity index is 1.54. The summed E-state index contributed by atoms with van der Waals surface area (Å²) in [7, 11) is 0. The van der Waals surface area contributed by atoms with E-state index >= 15 is 8.78 Å². The van der Waals surface area contributed by atoms with Crippen molar-refractivity contribution in [3.05, 3.63) is 82.8 Å². The Labute approximate surface area is 185 Å². The van der Waals surface area contributed by atoms with E-state index in [4.69, 9.17) is 2.74 Å². The number of halogens is 2. The number of hydrogen-bond donors (Lipinski definition) is 1. The number of pyridine rings is 1. The number of aryl methyl sites for hydroxylation is 1. The van der Waals surface area contributed by atoms with Crippen LogP contribution >= 0.6 is 0 Å². The van der Waals surface area contributed by atoms with Crippen LogP contribution in [-0.2, 0) is 26.2 Å². The number of fused-ring (bicyclic) bond motifs is 2. The van der Waals surface area contributed by atoms with Crippen LogP contribution in [0.5, 0.6) is 0 Å². The summed E-state index contributed by atoms with van der Waals surface area (Å²) >= 11 is 0. The van der Waals surface area contributed by atoms with E-state index < -0.39 is 18.2 Å². The van der Waals surface area contributed by atoms with Gasteiger partial charge in [-0.1, -0.05) is 12.1 Å². The van der Waals surface area contributed by atoms with Crippen molar-refractivity contribution in [1.82, 2.24) is 19.7 Å². The van der Waals surface area contributed by atoms with Crippen LogP contribution in [0.3, 0.4) is 0 Å². The molecule has 5 rings (SSSR count). The fraction of sp³-hybridized carbons (Fsp3) is 0.208. The second kappa shape index (κ2) is 7.80. The summed E-state index contributed by atoms with van der Waals surface area (Å²) in [5.41, 5.74) is 1.64. The highest BCUT2D eigenvalue weighted by Gasteiger charge is 2.29. The van der Waals surface area contributed by atoms with Crippen molar-refractivity contribution in [1.29, 1.82) is 0 Å². The molecule has 1 N–H and O–H groups in total. The second-order valence-corrected chi connectivity index (χ2v) is 7.60. The van der Waals surface area contributed by atoms with E-state index in [0.29, 0.717) is 28.8 Å². The van der Waals surface area contributed by atoms with Crippen molar-refractivity contribution in [2.75, 3.05) is 0 Å². The predicted octanol–water partition coefficient (Wildman–Crippen LogP) is 4.04. The summed E-state index contributed by atoms with van der Waals surface area (Å²) in [6, 6.07) is 8.53. The molecular formula is C24H20F2N4O2. The molecule has 32 heavy (non-hydrogen) atoms. The standard InChI is InChI=1S/C24H20F2N4O2/c1-2-30-11-18-16(6-5-14(13-31)23(18)28-30)15-8-20(25)19(21(26)9-15)10-29-12-22-17(24(29)32)4-3-7-27-22/h3-9,11,31H,2,10,12-13H2,1H3/i13D2. The van der Waals surface area contributed by atoms with Crippen molar-refractivity contribution in [2.24, 2.45) is 0 Å². The first-order valence-corrected chi connectivity index (χ1v) is 10.1. The smallest absolute Gasteiger partial charge is 0.256 e. The molecule has 0 radical (unpaired) electrons. The molecule has 0 fully saturated rings. The van der Waals surface area contributed by atoms with E-state index in [1.807, 2.05) is 6.92 Å². The van der Waals surface area contributed by atoms with Gasteiger partial charge in [0.25, 0.3) is 5.91 Å². The van der Waals surface area contributed by atoms with Crippen LogP contribution < -0.4 is 0 Å². The van der Waals surface area contributed by atoms with E-state index in [0.717, 1.165) is 0 Å². The highest BCUT2D eigenvalue weighted by Crippen LogP contribution is 2.33. The lowest BCUT2D eigenvalue weighted by atomic mass is 9.98. The maximum Gasteiger partial charge on any atom is 0.256 e. The van der Waals surface area contributed by atoms with Crippen LogP contribution in [0.1, 0.15) is 36.8 Å². The first-order valence-electron chi connectivity index (χ1n) is 11.1. The van der Waals surface area contributed by atoms with Crippen LogP contribution in [0, 0.1) is 11.6 Å². The first kappa shape index (κ1) is 18.0. The van der Waals surface area contributed by atoms with Gasteiger partial charge in [-0.2, -0.15) is 5.10 Å². The van der Waals surface area contributed by atoms with Crippen molar-refractivity contribution >= 4 is 16.8 Å². The molecule has 0 aliphatic carbocycles.